The number of esters is 1. The number of carbonyl (C=O) groups is 3. The first-order valence-electron chi connectivity index (χ1n) is 11.0. The zero-order valence-corrected chi connectivity index (χ0v) is 19.4. The molecule has 0 bridgehead atoms. The van der Waals surface area contributed by atoms with Gasteiger partial charge in [-0.1, -0.05) is 41.9 Å². The lowest BCUT2D eigenvalue weighted by Gasteiger charge is -2.33. The number of rotatable bonds is 6. The van der Waals surface area contributed by atoms with Crippen LogP contribution in [0.1, 0.15) is 30.7 Å². The van der Waals surface area contributed by atoms with Crippen LogP contribution in [0.25, 0.3) is 22.1 Å². The van der Waals surface area contributed by atoms with E-state index in [1.165, 1.54) is 13.2 Å². The summed E-state index contributed by atoms with van der Waals surface area (Å²) in [5.41, 5.74) is 1.43. The van der Waals surface area contributed by atoms with E-state index >= 15 is 0 Å². The highest BCUT2D eigenvalue weighted by atomic mass is 35.5. The Morgan fingerprint density at radius 3 is 2.74 bits per heavy atom. The predicted octanol–water partition coefficient (Wildman–Crippen LogP) is 4.20. The molecular formula is C26H24ClNO6. The normalized spacial score (nSPS) is 16.8. The second-order valence-corrected chi connectivity index (χ2v) is 8.81. The third-order valence-electron chi connectivity index (χ3n) is 6.21. The Bertz CT molecular complexity index is 1300. The van der Waals surface area contributed by atoms with Gasteiger partial charge in [-0.3, -0.25) is 9.59 Å². The van der Waals surface area contributed by atoms with Gasteiger partial charge in [0.05, 0.1) is 7.11 Å². The topological polar surface area (TPSA) is 93.9 Å². The summed E-state index contributed by atoms with van der Waals surface area (Å²) in [6.07, 6.45) is 2.39. The van der Waals surface area contributed by atoms with Crippen molar-refractivity contribution in [2.75, 3.05) is 20.2 Å². The first-order valence-corrected chi connectivity index (χ1v) is 11.4. The Morgan fingerprint density at radius 2 is 2.00 bits per heavy atom. The summed E-state index contributed by atoms with van der Waals surface area (Å²) in [6, 6.07) is 13.5. The summed E-state index contributed by atoms with van der Waals surface area (Å²) >= 11 is 6.34. The molecule has 0 aliphatic carbocycles. The van der Waals surface area contributed by atoms with Gasteiger partial charge in [0.25, 0.3) is 0 Å². The number of hydrogen-bond acceptors (Lipinski definition) is 6. The lowest BCUT2D eigenvalue weighted by Crippen LogP contribution is -2.43. The van der Waals surface area contributed by atoms with Gasteiger partial charge in [0.15, 0.2) is 0 Å². The highest BCUT2D eigenvalue weighted by Gasteiger charge is 2.31. The smallest absolute Gasteiger partial charge is 0.336 e. The third kappa shape index (κ3) is 4.89. The maximum absolute atomic E-state index is 13.2. The lowest BCUT2D eigenvalue weighted by molar-refractivity contribution is -0.144. The van der Waals surface area contributed by atoms with Crippen LogP contribution in [0.2, 0.25) is 5.02 Å². The summed E-state index contributed by atoms with van der Waals surface area (Å²) < 4.78 is 10.1. The van der Waals surface area contributed by atoms with Crippen LogP contribution >= 0.6 is 11.6 Å². The zero-order valence-electron chi connectivity index (χ0n) is 18.7. The molecule has 34 heavy (non-hydrogen) atoms. The maximum Gasteiger partial charge on any atom is 0.336 e. The summed E-state index contributed by atoms with van der Waals surface area (Å²) in [5.74, 6) is -1.71. The predicted molar refractivity (Wildman–Crippen MR) is 128 cm³/mol. The quantitative estimate of drug-likeness (QED) is 0.227. The maximum atomic E-state index is 13.2. The molecule has 1 saturated heterocycles. The first kappa shape index (κ1) is 23.7. The zero-order chi connectivity index (χ0) is 24.2. The molecule has 176 valence electrons. The van der Waals surface area contributed by atoms with Crippen LogP contribution in [-0.4, -0.2) is 43.3 Å². The van der Waals surface area contributed by atoms with Crippen molar-refractivity contribution >= 4 is 40.7 Å². The summed E-state index contributed by atoms with van der Waals surface area (Å²) in [7, 11) is 1.34. The van der Waals surface area contributed by atoms with Crippen molar-refractivity contribution in [1.82, 2.24) is 4.90 Å². The van der Waals surface area contributed by atoms with Crippen molar-refractivity contribution in [3.05, 3.63) is 69.5 Å². The van der Waals surface area contributed by atoms with E-state index in [1.807, 2.05) is 12.1 Å². The monoisotopic (exact) mass is 481 g/mol. The number of methoxy groups -OCH3 is 1. The average Bonchev–Trinajstić information content (AvgIpc) is 2.84. The van der Waals surface area contributed by atoms with Gasteiger partial charge >= 0.3 is 11.6 Å². The van der Waals surface area contributed by atoms with Gasteiger partial charge < -0.3 is 18.8 Å². The van der Waals surface area contributed by atoms with Gasteiger partial charge in [0.2, 0.25) is 5.91 Å². The molecule has 1 fully saturated rings. The highest BCUT2D eigenvalue weighted by Crippen LogP contribution is 2.34. The molecule has 8 heteroatoms. The van der Waals surface area contributed by atoms with Gasteiger partial charge in [-0.2, -0.15) is 0 Å². The van der Waals surface area contributed by atoms with Gasteiger partial charge in [0.1, 0.15) is 17.8 Å². The molecule has 1 aliphatic heterocycles. The molecule has 1 amide bonds. The van der Waals surface area contributed by atoms with Crippen LogP contribution in [-0.2, 0) is 19.1 Å². The molecule has 0 spiro atoms. The third-order valence-corrected chi connectivity index (χ3v) is 6.54. The van der Waals surface area contributed by atoms with E-state index in [2.05, 4.69) is 0 Å². The lowest BCUT2D eigenvalue weighted by atomic mass is 9.91. The summed E-state index contributed by atoms with van der Waals surface area (Å²) in [4.78, 5) is 50.8. The van der Waals surface area contributed by atoms with Crippen molar-refractivity contribution < 1.29 is 23.5 Å². The molecule has 2 heterocycles. The Hall–Kier alpha value is -3.45. The number of carbonyl (C=O) groups excluding carboxylic acids is 3. The Kier molecular flexibility index (Phi) is 7.12. The van der Waals surface area contributed by atoms with E-state index in [-0.39, 0.29) is 29.8 Å². The van der Waals surface area contributed by atoms with E-state index < -0.39 is 11.5 Å². The second-order valence-electron chi connectivity index (χ2n) is 8.40. The average molecular weight is 482 g/mol. The molecule has 0 saturated carbocycles. The minimum Gasteiger partial charge on any atom is -0.469 e. The number of halogens is 1. The van der Waals surface area contributed by atoms with Crippen LogP contribution in [0.4, 0.5) is 0 Å². The number of amides is 1. The minimum absolute atomic E-state index is 0.00902. The van der Waals surface area contributed by atoms with Crippen molar-refractivity contribution in [3.63, 3.8) is 0 Å². The van der Waals surface area contributed by atoms with E-state index in [4.69, 9.17) is 20.8 Å². The largest absolute Gasteiger partial charge is 0.469 e. The fourth-order valence-corrected chi connectivity index (χ4v) is 4.74. The van der Waals surface area contributed by atoms with Gasteiger partial charge in [-0.15, -0.1) is 0 Å². The van der Waals surface area contributed by atoms with Crippen molar-refractivity contribution in [2.24, 2.45) is 5.92 Å². The van der Waals surface area contributed by atoms with E-state index in [1.54, 1.807) is 35.2 Å². The number of benzene rings is 2. The SMILES string of the molecule is COC(=O)C[C@@H]1CCCN(C(=O)[C@@H](C=O)c2ccc3c(-c4ccccc4Cl)cc(=O)oc3c2)C1. The number of piperidine rings is 1. The Labute approximate surface area is 201 Å². The van der Waals surface area contributed by atoms with Crippen LogP contribution in [0.15, 0.2) is 57.7 Å². The molecule has 0 N–H and O–H groups in total. The molecule has 7 nitrogen and oxygen atoms in total. The van der Waals surface area contributed by atoms with Crippen LogP contribution in [0, 0.1) is 5.92 Å². The second kappa shape index (κ2) is 10.2. The van der Waals surface area contributed by atoms with E-state index in [9.17, 15) is 19.2 Å². The Balaban J connectivity index is 1.65. The fourth-order valence-electron chi connectivity index (χ4n) is 4.50. The van der Waals surface area contributed by atoms with E-state index in [0.29, 0.717) is 46.5 Å². The Morgan fingerprint density at radius 1 is 1.21 bits per heavy atom. The molecule has 2 aromatic carbocycles. The minimum atomic E-state index is -1.05. The number of hydrogen-bond donors (Lipinski definition) is 0. The van der Waals surface area contributed by atoms with Crippen molar-refractivity contribution in [1.29, 1.82) is 0 Å². The molecule has 0 unspecified atom stereocenters. The fraction of sp³-hybridized carbons (Fsp3) is 0.308. The van der Waals surface area contributed by atoms with Crippen LogP contribution < -0.4 is 5.63 Å². The summed E-state index contributed by atoms with van der Waals surface area (Å²) in [6.45, 7) is 0.901. The standard InChI is InChI=1S/C26H24ClNO6/c1-33-24(30)11-16-5-4-10-28(14-16)26(32)21(15-29)17-8-9-19-20(13-25(31)34-23(19)12-17)18-6-2-3-7-22(18)27/h2-3,6-9,12-13,15-16,21H,4-5,10-11,14H2,1H3/t16-,21-/m0/s1. The number of aldehydes is 1. The first-order chi connectivity index (χ1) is 16.4. The summed E-state index contributed by atoms with van der Waals surface area (Å²) in [5, 5.41) is 1.13. The number of fused-ring (bicyclic) bond motifs is 1. The van der Waals surface area contributed by atoms with Gasteiger partial charge in [0, 0.05) is 47.1 Å². The molecular weight excluding hydrogens is 458 g/mol. The number of ether oxygens (including phenoxy) is 1. The number of likely N-dealkylation sites (tertiary alicyclic amines) is 1. The van der Waals surface area contributed by atoms with Crippen molar-refractivity contribution in [2.45, 2.75) is 25.2 Å². The van der Waals surface area contributed by atoms with Crippen molar-refractivity contribution in [3.8, 4) is 11.1 Å². The molecule has 0 radical (unpaired) electrons. The van der Waals surface area contributed by atoms with Gasteiger partial charge in [-0.05, 0) is 36.5 Å². The molecule has 2 atom stereocenters. The molecule has 1 aliphatic rings. The van der Waals surface area contributed by atoms with Crippen LogP contribution in [0.3, 0.4) is 0 Å². The highest BCUT2D eigenvalue weighted by molar-refractivity contribution is 6.33. The van der Waals surface area contributed by atoms with E-state index in [0.717, 1.165) is 12.8 Å². The van der Waals surface area contributed by atoms with Gasteiger partial charge in [-0.25, -0.2) is 4.79 Å². The van der Waals surface area contributed by atoms with Crippen LogP contribution in [0.5, 0.6) is 0 Å². The molecule has 4 rings (SSSR count). The molecule has 3 aromatic rings. The molecule has 1 aromatic heterocycles. The number of nitrogens with zero attached hydrogens (tertiary/aromatic N) is 1.